The zero-order chi connectivity index (χ0) is 17.2. The lowest BCUT2D eigenvalue weighted by Crippen LogP contribution is -2.34. The number of benzene rings is 2. The zero-order valence-electron chi connectivity index (χ0n) is 14.6. The van der Waals surface area contributed by atoms with Crippen LogP contribution in [-0.4, -0.2) is 5.91 Å². The minimum Gasteiger partial charge on any atom is -0.307 e. The van der Waals surface area contributed by atoms with Crippen molar-refractivity contribution in [3.05, 3.63) is 65.2 Å². The van der Waals surface area contributed by atoms with Crippen molar-refractivity contribution in [1.29, 1.82) is 0 Å². The fourth-order valence-corrected chi connectivity index (χ4v) is 2.84. The molecule has 0 atom stereocenters. The van der Waals surface area contributed by atoms with Crippen LogP contribution in [0.4, 0.5) is 5.69 Å². The quantitative estimate of drug-likeness (QED) is 0.747. The van der Waals surface area contributed by atoms with E-state index in [9.17, 15) is 4.79 Å². The zero-order valence-corrected chi connectivity index (χ0v) is 14.6. The number of carbonyl (C=O) groups is 1. The Balaban J connectivity index is 2.06. The molecule has 2 aromatic carbocycles. The molecule has 0 saturated heterocycles. The summed E-state index contributed by atoms with van der Waals surface area (Å²) in [6.45, 7) is 7.00. The van der Waals surface area contributed by atoms with Crippen LogP contribution in [0.3, 0.4) is 0 Å². The highest BCUT2D eigenvalue weighted by atomic mass is 16.2. The third kappa shape index (κ3) is 3.36. The second kappa shape index (κ2) is 6.53. The minimum atomic E-state index is -0.000407. The SMILES string of the molecule is CCC(C)(C)CC(=O)N1Cc2ccccc2C#Cc2ccccc21. The smallest absolute Gasteiger partial charge is 0.227 e. The van der Waals surface area contributed by atoms with Crippen LogP contribution in [-0.2, 0) is 11.3 Å². The molecule has 0 saturated carbocycles. The monoisotopic (exact) mass is 317 g/mol. The summed E-state index contributed by atoms with van der Waals surface area (Å²) in [6.07, 6.45) is 1.51. The summed E-state index contributed by atoms with van der Waals surface area (Å²) < 4.78 is 0. The lowest BCUT2D eigenvalue weighted by atomic mass is 9.85. The van der Waals surface area contributed by atoms with Gasteiger partial charge in [0.1, 0.15) is 0 Å². The first kappa shape index (κ1) is 16.3. The first-order valence-electron chi connectivity index (χ1n) is 8.49. The Kier molecular flexibility index (Phi) is 4.44. The molecule has 0 fully saturated rings. The number of rotatable bonds is 3. The van der Waals surface area contributed by atoms with Gasteiger partial charge in [-0.3, -0.25) is 4.79 Å². The standard InChI is InChI=1S/C22H23NO/c1-4-22(2,3)15-21(24)23-16-19-11-6-5-9-17(19)13-14-18-10-7-8-12-20(18)23/h5-12H,4,15-16H2,1-3H3. The van der Waals surface area contributed by atoms with Gasteiger partial charge in [0, 0.05) is 17.5 Å². The topological polar surface area (TPSA) is 20.3 Å². The van der Waals surface area contributed by atoms with Crippen LogP contribution in [0, 0.1) is 17.3 Å². The van der Waals surface area contributed by atoms with E-state index < -0.39 is 0 Å². The highest BCUT2D eigenvalue weighted by Crippen LogP contribution is 2.30. The number of anilines is 1. The van der Waals surface area contributed by atoms with E-state index >= 15 is 0 Å². The lowest BCUT2D eigenvalue weighted by molar-refractivity contribution is -0.120. The van der Waals surface area contributed by atoms with Gasteiger partial charge in [0.25, 0.3) is 0 Å². The highest BCUT2D eigenvalue weighted by molar-refractivity contribution is 5.95. The third-order valence-corrected chi connectivity index (χ3v) is 4.76. The van der Waals surface area contributed by atoms with Gasteiger partial charge in [-0.05, 0) is 29.2 Å². The Labute approximate surface area is 144 Å². The van der Waals surface area contributed by atoms with Crippen LogP contribution in [0.15, 0.2) is 48.5 Å². The average molecular weight is 317 g/mol. The van der Waals surface area contributed by atoms with Crippen molar-refractivity contribution in [3.63, 3.8) is 0 Å². The molecule has 3 rings (SSSR count). The van der Waals surface area contributed by atoms with Crippen LogP contribution in [0.25, 0.3) is 0 Å². The van der Waals surface area contributed by atoms with E-state index in [1.54, 1.807) is 0 Å². The first-order valence-corrected chi connectivity index (χ1v) is 8.49. The molecule has 1 aliphatic rings. The van der Waals surface area contributed by atoms with Gasteiger partial charge >= 0.3 is 0 Å². The maximum Gasteiger partial charge on any atom is 0.227 e. The molecule has 0 spiro atoms. The maximum atomic E-state index is 13.1. The van der Waals surface area contributed by atoms with Crippen LogP contribution in [0.1, 0.15) is 50.3 Å². The number of hydrogen-bond donors (Lipinski definition) is 0. The van der Waals surface area contributed by atoms with Crippen molar-refractivity contribution in [1.82, 2.24) is 0 Å². The summed E-state index contributed by atoms with van der Waals surface area (Å²) in [5.74, 6) is 6.65. The van der Waals surface area contributed by atoms with Crippen LogP contribution >= 0.6 is 0 Å². The predicted molar refractivity (Wildman–Crippen MR) is 98.7 cm³/mol. The summed E-state index contributed by atoms with van der Waals surface area (Å²) in [4.78, 5) is 15.0. The van der Waals surface area contributed by atoms with Crippen molar-refractivity contribution >= 4 is 11.6 Å². The number of fused-ring (bicyclic) bond motifs is 2. The molecule has 0 aliphatic carbocycles. The minimum absolute atomic E-state index is 0.000407. The number of nitrogens with zero attached hydrogens (tertiary/aromatic N) is 1. The molecule has 2 aromatic rings. The molecule has 0 N–H and O–H groups in total. The molecular weight excluding hydrogens is 294 g/mol. The molecular formula is C22H23NO. The van der Waals surface area contributed by atoms with E-state index in [2.05, 4.69) is 38.7 Å². The van der Waals surface area contributed by atoms with Crippen molar-refractivity contribution in [2.24, 2.45) is 5.41 Å². The van der Waals surface area contributed by atoms with E-state index in [1.807, 2.05) is 47.4 Å². The Morgan fingerprint density at radius 1 is 1.04 bits per heavy atom. The molecule has 1 aliphatic heterocycles. The summed E-state index contributed by atoms with van der Waals surface area (Å²) in [5.41, 5.74) is 3.92. The van der Waals surface area contributed by atoms with E-state index in [0.29, 0.717) is 13.0 Å². The van der Waals surface area contributed by atoms with Gasteiger partial charge in [0.05, 0.1) is 12.2 Å². The van der Waals surface area contributed by atoms with E-state index in [-0.39, 0.29) is 11.3 Å². The van der Waals surface area contributed by atoms with E-state index in [1.165, 1.54) is 0 Å². The van der Waals surface area contributed by atoms with Crippen molar-refractivity contribution in [3.8, 4) is 11.8 Å². The van der Waals surface area contributed by atoms with Gasteiger partial charge in [0.15, 0.2) is 0 Å². The molecule has 0 bridgehead atoms. The number of para-hydroxylation sites is 1. The second-order valence-corrected chi connectivity index (χ2v) is 7.10. The number of carbonyl (C=O) groups excluding carboxylic acids is 1. The molecule has 0 radical (unpaired) electrons. The lowest BCUT2D eigenvalue weighted by Gasteiger charge is -2.30. The Bertz CT molecular complexity index is 823. The van der Waals surface area contributed by atoms with Gasteiger partial charge < -0.3 is 4.90 Å². The molecule has 2 heteroatoms. The Morgan fingerprint density at radius 2 is 1.67 bits per heavy atom. The van der Waals surface area contributed by atoms with E-state index in [4.69, 9.17) is 0 Å². The molecule has 1 amide bonds. The normalized spacial score (nSPS) is 13.0. The van der Waals surface area contributed by atoms with Crippen molar-refractivity contribution in [2.75, 3.05) is 4.90 Å². The summed E-state index contributed by atoms with van der Waals surface area (Å²) >= 11 is 0. The molecule has 2 nitrogen and oxygen atoms in total. The fraction of sp³-hybridized carbons (Fsp3) is 0.318. The Morgan fingerprint density at radius 3 is 2.42 bits per heavy atom. The van der Waals surface area contributed by atoms with Crippen molar-refractivity contribution in [2.45, 2.75) is 40.2 Å². The van der Waals surface area contributed by atoms with Gasteiger partial charge in [-0.25, -0.2) is 0 Å². The molecule has 24 heavy (non-hydrogen) atoms. The molecule has 122 valence electrons. The predicted octanol–water partition coefficient (Wildman–Crippen LogP) is 4.76. The molecule has 0 aromatic heterocycles. The fourth-order valence-electron chi connectivity index (χ4n) is 2.84. The summed E-state index contributed by atoms with van der Waals surface area (Å²) in [6, 6.07) is 16.0. The third-order valence-electron chi connectivity index (χ3n) is 4.76. The van der Waals surface area contributed by atoms with Gasteiger partial charge in [-0.15, -0.1) is 0 Å². The van der Waals surface area contributed by atoms with Gasteiger partial charge in [-0.1, -0.05) is 69.4 Å². The molecule has 0 unspecified atom stereocenters. The van der Waals surface area contributed by atoms with Gasteiger partial charge in [-0.2, -0.15) is 0 Å². The summed E-state index contributed by atoms with van der Waals surface area (Å²) in [7, 11) is 0. The largest absolute Gasteiger partial charge is 0.307 e. The van der Waals surface area contributed by atoms with Crippen LogP contribution in [0.2, 0.25) is 0 Å². The van der Waals surface area contributed by atoms with E-state index in [0.717, 1.165) is 28.8 Å². The Hall–Kier alpha value is -2.53. The van der Waals surface area contributed by atoms with Crippen LogP contribution < -0.4 is 4.90 Å². The average Bonchev–Trinajstić information content (AvgIpc) is 2.56. The molecule has 1 heterocycles. The number of amides is 1. The van der Waals surface area contributed by atoms with Crippen LogP contribution in [0.5, 0.6) is 0 Å². The second-order valence-electron chi connectivity index (χ2n) is 7.10. The summed E-state index contributed by atoms with van der Waals surface area (Å²) in [5, 5.41) is 0. The first-order chi connectivity index (χ1) is 11.5. The van der Waals surface area contributed by atoms with Gasteiger partial charge in [0.2, 0.25) is 5.91 Å². The maximum absolute atomic E-state index is 13.1. The van der Waals surface area contributed by atoms with Crippen molar-refractivity contribution < 1.29 is 4.79 Å². The highest BCUT2D eigenvalue weighted by Gasteiger charge is 2.26. The number of hydrogen-bond acceptors (Lipinski definition) is 1.